The number of nitrogens with zero attached hydrogens (tertiary/aromatic N) is 5. The summed E-state index contributed by atoms with van der Waals surface area (Å²) in [5.74, 6) is -0.00776. The molecule has 4 rings (SSSR count). The molecule has 1 saturated heterocycles. The summed E-state index contributed by atoms with van der Waals surface area (Å²) in [5.41, 5.74) is 1.33. The number of carbonyl (C=O) groups excluding carboxylic acids is 1. The fourth-order valence-corrected chi connectivity index (χ4v) is 3.38. The molecule has 0 radical (unpaired) electrons. The zero-order chi connectivity index (χ0) is 22.1. The van der Waals surface area contributed by atoms with Crippen molar-refractivity contribution in [1.29, 1.82) is 0 Å². The maximum absolute atomic E-state index is 13.9. The van der Waals surface area contributed by atoms with Crippen LogP contribution in [0.4, 0.5) is 25.3 Å². The molecule has 11 heteroatoms. The molecule has 8 nitrogen and oxygen atoms in total. The van der Waals surface area contributed by atoms with Crippen molar-refractivity contribution in [1.82, 2.24) is 19.5 Å². The molecule has 1 aliphatic heterocycles. The van der Waals surface area contributed by atoms with Gasteiger partial charge < -0.3 is 14.6 Å². The van der Waals surface area contributed by atoms with Crippen molar-refractivity contribution in [2.24, 2.45) is 0 Å². The summed E-state index contributed by atoms with van der Waals surface area (Å²) in [4.78, 5) is 26.1. The van der Waals surface area contributed by atoms with Gasteiger partial charge in [0.25, 0.3) is 0 Å². The van der Waals surface area contributed by atoms with Crippen molar-refractivity contribution in [3.05, 3.63) is 59.5 Å². The molecule has 1 aliphatic rings. The van der Waals surface area contributed by atoms with Crippen molar-refractivity contribution in [2.75, 3.05) is 16.8 Å². The molecule has 0 bridgehead atoms. The number of ether oxygens (including phenoxy) is 1. The number of carbonyl (C=O) groups is 1. The standard InChI is InChI=1S/C20H19ClF2N6O2/c1-11(22)17-9-31-20(30)29(17)18-5-6-24-19(27-18)26-12(2)16-8-28(10-25-16)13-3-4-15(23)14(21)7-13/h3-8,10-12,17H,9H2,1-2H3,(H,24,26,27)/t11-,12-,17?/m0/s1. The number of halogens is 3. The molecule has 31 heavy (non-hydrogen) atoms. The van der Waals surface area contributed by atoms with Crippen molar-refractivity contribution in [2.45, 2.75) is 32.1 Å². The van der Waals surface area contributed by atoms with E-state index in [0.717, 1.165) is 0 Å². The number of anilines is 2. The Kier molecular flexibility index (Phi) is 5.73. The Morgan fingerprint density at radius 1 is 1.29 bits per heavy atom. The van der Waals surface area contributed by atoms with E-state index in [1.807, 2.05) is 6.92 Å². The first-order chi connectivity index (χ1) is 14.8. The number of nitrogens with one attached hydrogen (secondary N) is 1. The predicted molar refractivity (Wildman–Crippen MR) is 111 cm³/mol. The second kappa shape index (κ2) is 8.46. The largest absolute Gasteiger partial charge is 0.447 e. The number of rotatable bonds is 6. The van der Waals surface area contributed by atoms with Gasteiger partial charge in [0.1, 0.15) is 30.5 Å². The van der Waals surface area contributed by atoms with Gasteiger partial charge in [0.05, 0.1) is 23.1 Å². The third-order valence-corrected chi connectivity index (χ3v) is 5.21. The van der Waals surface area contributed by atoms with Gasteiger partial charge in [-0.05, 0) is 38.1 Å². The zero-order valence-corrected chi connectivity index (χ0v) is 17.4. The zero-order valence-electron chi connectivity index (χ0n) is 16.7. The second-order valence-electron chi connectivity index (χ2n) is 7.10. The number of alkyl halides is 1. The minimum Gasteiger partial charge on any atom is -0.447 e. The SMILES string of the molecule is C[C@H](Nc1nccc(N2C(=O)OCC2[C@H](C)F)n1)c1cn(-c2ccc(F)c(Cl)c2)cn1. The van der Waals surface area contributed by atoms with Gasteiger partial charge in [-0.15, -0.1) is 0 Å². The van der Waals surface area contributed by atoms with Crippen molar-refractivity contribution in [3.8, 4) is 5.69 Å². The van der Waals surface area contributed by atoms with E-state index in [9.17, 15) is 13.6 Å². The average Bonchev–Trinajstić information content (AvgIpc) is 3.37. The molecular weight excluding hydrogens is 430 g/mol. The highest BCUT2D eigenvalue weighted by molar-refractivity contribution is 6.30. The molecule has 0 aliphatic carbocycles. The normalized spacial score (nSPS) is 18.0. The fourth-order valence-electron chi connectivity index (χ4n) is 3.21. The Bertz CT molecular complexity index is 1110. The highest BCUT2D eigenvalue weighted by Crippen LogP contribution is 2.26. The van der Waals surface area contributed by atoms with Gasteiger partial charge in [-0.3, -0.25) is 4.90 Å². The minimum absolute atomic E-state index is 0.0190. The van der Waals surface area contributed by atoms with Gasteiger partial charge in [0.2, 0.25) is 5.95 Å². The van der Waals surface area contributed by atoms with E-state index in [2.05, 4.69) is 20.3 Å². The highest BCUT2D eigenvalue weighted by atomic mass is 35.5. The van der Waals surface area contributed by atoms with Crippen LogP contribution in [0.1, 0.15) is 25.6 Å². The van der Waals surface area contributed by atoms with Gasteiger partial charge in [-0.2, -0.15) is 4.98 Å². The molecule has 1 fully saturated rings. The predicted octanol–water partition coefficient (Wildman–Crippen LogP) is 4.31. The molecule has 3 heterocycles. The van der Waals surface area contributed by atoms with Crippen LogP contribution < -0.4 is 10.2 Å². The highest BCUT2D eigenvalue weighted by Gasteiger charge is 2.39. The number of amides is 1. The Labute approximate surface area is 181 Å². The molecule has 1 unspecified atom stereocenters. The van der Waals surface area contributed by atoms with Crippen LogP contribution in [-0.2, 0) is 4.74 Å². The summed E-state index contributed by atoms with van der Waals surface area (Å²) in [7, 11) is 0. The first kappa shape index (κ1) is 21.0. The quantitative estimate of drug-likeness (QED) is 0.604. The Hall–Kier alpha value is -3.27. The number of imidazole rings is 1. The van der Waals surface area contributed by atoms with Crippen LogP contribution in [0.2, 0.25) is 5.02 Å². The summed E-state index contributed by atoms with van der Waals surface area (Å²) in [5, 5.41) is 3.13. The van der Waals surface area contributed by atoms with Gasteiger partial charge in [-0.1, -0.05) is 11.6 Å². The van der Waals surface area contributed by atoms with E-state index in [0.29, 0.717) is 11.4 Å². The van der Waals surface area contributed by atoms with Gasteiger partial charge in [0.15, 0.2) is 0 Å². The van der Waals surface area contributed by atoms with E-state index in [-0.39, 0.29) is 29.4 Å². The summed E-state index contributed by atoms with van der Waals surface area (Å²) in [6, 6.07) is 4.86. The van der Waals surface area contributed by atoms with E-state index < -0.39 is 24.1 Å². The minimum atomic E-state index is -1.28. The molecule has 1 aromatic carbocycles. The monoisotopic (exact) mass is 448 g/mol. The molecule has 1 amide bonds. The summed E-state index contributed by atoms with van der Waals surface area (Å²) >= 11 is 5.85. The smallest absolute Gasteiger partial charge is 0.416 e. The first-order valence-electron chi connectivity index (χ1n) is 9.52. The number of hydrogen-bond acceptors (Lipinski definition) is 6. The molecule has 0 spiro atoms. The van der Waals surface area contributed by atoms with Crippen LogP contribution in [0.3, 0.4) is 0 Å². The maximum Gasteiger partial charge on any atom is 0.416 e. The lowest BCUT2D eigenvalue weighted by Crippen LogP contribution is -2.39. The summed E-state index contributed by atoms with van der Waals surface area (Å²) in [6.07, 6.45) is 2.90. The number of aromatic nitrogens is 4. The summed E-state index contributed by atoms with van der Waals surface area (Å²) < 4.78 is 33.9. The molecule has 1 N–H and O–H groups in total. The third-order valence-electron chi connectivity index (χ3n) is 4.92. The molecule has 162 valence electrons. The lowest BCUT2D eigenvalue weighted by Gasteiger charge is -2.21. The van der Waals surface area contributed by atoms with Crippen molar-refractivity contribution >= 4 is 29.5 Å². The van der Waals surface area contributed by atoms with Gasteiger partial charge >= 0.3 is 6.09 Å². The number of hydrogen-bond donors (Lipinski definition) is 1. The molecule has 3 atom stereocenters. The van der Waals surface area contributed by atoms with Crippen LogP contribution in [0.15, 0.2) is 43.0 Å². The lowest BCUT2D eigenvalue weighted by atomic mass is 10.2. The lowest BCUT2D eigenvalue weighted by molar-refractivity contribution is 0.174. The van der Waals surface area contributed by atoms with Crippen LogP contribution in [0.25, 0.3) is 5.69 Å². The van der Waals surface area contributed by atoms with E-state index in [1.54, 1.807) is 23.2 Å². The van der Waals surface area contributed by atoms with Crippen LogP contribution in [0.5, 0.6) is 0 Å². The Morgan fingerprint density at radius 2 is 2.10 bits per heavy atom. The average molecular weight is 449 g/mol. The molecular formula is C20H19ClF2N6O2. The fraction of sp³-hybridized carbons (Fsp3) is 0.300. The van der Waals surface area contributed by atoms with Crippen LogP contribution in [0, 0.1) is 5.82 Å². The third kappa shape index (κ3) is 4.29. The number of benzene rings is 1. The van der Waals surface area contributed by atoms with E-state index in [1.165, 1.54) is 36.2 Å². The molecule has 2 aromatic heterocycles. The Morgan fingerprint density at radius 3 is 2.84 bits per heavy atom. The topological polar surface area (TPSA) is 85.2 Å². The first-order valence-corrected chi connectivity index (χ1v) is 9.90. The molecule has 0 saturated carbocycles. The van der Waals surface area contributed by atoms with E-state index >= 15 is 0 Å². The molecule has 3 aromatic rings. The van der Waals surface area contributed by atoms with Crippen molar-refractivity contribution in [3.63, 3.8) is 0 Å². The van der Waals surface area contributed by atoms with Gasteiger partial charge in [0, 0.05) is 18.1 Å². The van der Waals surface area contributed by atoms with Crippen molar-refractivity contribution < 1.29 is 18.3 Å². The maximum atomic E-state index is 13.9. The van der Waals surface area contributed by atoms with Crippen LogP contribution >= 0.6 is 11.6 Å². The van der Waals surface area contributed by atoms with Crippen LogP contribution in [-0.4, -0.2) is 44.4 Å². The second-order valence-corrected chi connectivity index (χ2v) is 7.51. The number of cyclic esters (lactones) is 1. The van der Waals surface area contributed by atoms with E-state index in [4.69, 9.17) is 16.3 Å². The Balaban J connectivity index is 1.51. The summed E-state index contributed by atoms with van der Waals surface area (Å²) in [6.45, 7) is 3.19. The van der Waals surface area contributed by atoms with Gasteiger partial charge in [-0.25, -0.2) is 23.5 Å².